The molecule has 1 heterocycles. The van der Waals surface area contributed by atoms with Gasteiger partial charge < -0.3 is 9.47 Å². The first-order valence-corrected chi connectivity index (χ1v) is 12.6. The molecule has 0 amide bonds. The van der Waals surface area contributed by atoms with E-state index in [1.54, 1.807) is 0 Å². The molecule has 4 fully saturated rings. The molecule has 5 rings (SSSR count). The Morgan fingerprint density at radius 3 is 2.68 bits per heavy atom. The number of hydrogen-bond donors (Lipinski definition) is 0. The van der Waals surface area contributed by atoms with Crippen molar-refractivity contribution < 1.29 is 19.1 Å². The summed E-state index contributed by atoms with van der Waals surface area (Å²) in [6.07, 6.45) is 11.2. The molecule has 0 N–H and O–H groups in total. The minimum atomic E-state index is -0.0594. The van der Waals surface area contributed by atoms with Crippen molar-refractivity contribution in [2.24, 2.45) is 28.6 Å². The molecular formula is C26H39NO4. The van der Waals surface area contributed by atoms with Crippen LogP contribution in [0.15, 0.2) is 11.6 Å². The Labute approximate surface area is 186 Å². The van der Waals surface area contributed by atoms with Gasteiger partial charge in [0, 0.05) is 37.9 Å². The Balaban J connectivity index is 1.20. The fourth-order valence-electron chi connectivity index (χ4n) is 7.82. The Kier molecular flexibility index (Phi) is 5.79. The lowest BCUT2D eigenvalue weighted by Crippen LogP contribution is -2.50. The molecule has 0 radical (unpaired) electrons. The molecule has 0 aromatic heterocycles. The molecular weight excluding hydrogens is 390 g/mol. The molecule has 1 aliphatic heterocycles. The Morgan fingerprint density at radius 1 is 1.13 bits per heavy atom. The maximum atomic E-state index is 12.6. The van der Waals surface area contributed by atoms with Gasteiger partial charge in [-0.05, 0) is 61.7 Å². The van der Waals surface area contributed by atoms with Gasteiger partial charge in [-0.15, -0.1) is 0 Å². The predicted molar refractivity (Wildman–Crippen MR) is 118 cm³/mol. The zero-order valence-electron chi connectivity index (χ0n) is 19.4. The van der Waals surface area contributed by atoms with Crippen LogP contribution in [0.5, 0.6) is 0 Å². The first kappa shape index (κ1) is 21.6. The zero-order chi connectivity index (χ0) is 21.6. The predicted octanol–water partition coefficient (Wildman–Crippen LogP) is 4.15. The number of ketones is 1. The van der Waals surface area contributed by atoms with Crippen LogP contribution in [0.4, 0.5) is 0 Å². The maximum absolute atomic E-state index is 12.6. The lowest BCUT2D eigenvalue weighted by atomic mass is 9.48. The minimum absolute atomic E-state index is 0.0370. The largest absolute Gasteiger partial charge is 0.462 e. The average Bonchev–Trinajstić information content (AvgIpc) is 3.08. The number of rotatable bonds is 4. The van der Waals surface area contributed by atoms with Gasteiger partial charge in [-0.3, -0.25) is 14.5 Å². The van der Waals surface area contributed by atoms with Crippen molar-refractivity contribution >= 4 is 11.8 Å². The van der Waals surface area contributed by atoms with Crippen molar-refractivity contribution in [1.29, 1.82) is 0 Å². The summed E-state index contributed by atoms with van der Waals surface area (Å²) in [6, 6.07) is 0. The number of allylic oxidation sites excluding steroid dienone is 1. The Bertz CT molecular complexity index is 757. The van der Waals surface area contributed by atoms with Gasteiger partial charge in [0.15, 0.2) is 0 Å². The van der Waals surface area contributed by atoms with Crippen LogP contribution in [-0.4, -0.2) is 55.6 Å². The highest BCUT2D eigenvalue weighted by Gasteiger charge is 2.58. The van der Waals surface area contributed by atoms with Gasteiger partial charge in [0.25, 0.3) is 0 Å². The minimum Gasteiger partial charge on any atom is -0.462 e. The lowest BCUT2D eigenvalue weighted by Gasteiger charge is -2.56. The molecule has 5 heteroatoms. The summed E-state index contributed by atoms with van der Waals surface area (Å²) in [7, 11) is 0. The topological polar surface area (TPSA) is 55.8 Å². The number of nitrogens with zero attached hydrogens (tertiary/aromatic N) is 1. The molecule has 5 nitrogen and oxygen atoms in total. The van der Waals surface area contributed by atoms with Crippen molar-refractivity contribution in [3.8, 4) is 0 Å². The van der Waals surface area contributed by atoms with E-state index >= 15 is 0 Å². The second-order valence-corrected chi connectivity index (χ2v) is 11.2. The molecule has 31 heavy (non-hydrogen) atoms. The van der Waals surface area contributed by atoms with Crippen LogP contribution in [0.2, 0.25) is 0 Å². The first-order valence-electron chi connectivity index (χ1n) is 12.6. The average molecular weight is 430 g/mol. The smallest absolute Gasteiger partial charge is 0.307 e. The number of carbonyl (C=O) groups is 2. The van der Waals surface area contributed by atoms with Crippen LogP contribution in [0.25, 0.3) is 0 Å². The molecule has 0 bridgehead atoms. The number of ether oxygens (including phenoxy) is 2. The van der Waals surface area contributed by atoms with Gasteiger partial charge in [-0.25, -0.2) is 0 Å². The summed E-state index contributed by atoms with van der Waals surface area (Å²) >= 11 is 0. The zero-order valence-corrected chi connectivity index (χ0v) is 19.4. The molecule has 6 atom stereocenters. The molecule has 172 valence electrons. The van der Waals surface area contributed by atoms with E-state index < -0.39 is 0 Å². The standard InChI is InChI=1S/C26H39NO4/c1-25-10-7-19(31-24(29)9-12-27-13-15-30-16-14-27)17-18(25)3-4-20-21-5-6-23(28)26(21,2)11-8-22(20)25/h3,19-22H,4-17H2,1-2H3/t19-,20-,21-,22-,25-,26-/m0/s1. The summed E-state index contributed by atoms with van der Waals surface area (Å²) in [5, 5.41) is 0. The SMILES string of the molecule is C[C@]12CC[C@H](OC(=O)CCN3CCOCC3)CC1=CC[C@@H]1[C@@H]2CC[C@]2(C)C(=O)CC[C@@H]12. The van der Waals surface area contributed by atoms with Crippen LogP contribution >= 0.6 is 0 Å². The van der Waals surface area contributed by atoms with Crippen LogP contribution in [0.1, 0.15) is 71.6 Å². The van der Waals surface area contributed by atoms with E-state index in [1.807, 2.05) is 0 Å². The number of morpholine rings is 1. The summed E-state index contributed by atoms with van der Waals surface area (Å²) in [6.45, 7) is 8.84. The molecule has 5 aliphatic rings. The second kappa shape index (κ2) is 8.30. The highest BCUT2D eigenvalue weighted by atomic mass is 16.5. The third-order valence-corrected chi connectivity index (χ3v) is 9.80. The van der Waals surface area contributed by atoms with Crippen molar-refractivity contribution in [2.75, 3.05) is 32.8 Å². The van der Waals surface area contributed by atoms with Crippen molar-refractivity contribution in [3.63, 3.8) is 0 Å². The van der Waals surface area contributed by atoms with E-state index in [1.165, 1.54) is 12.0 Å². The van der Waals surface area contributed by atoms with Crippen molar-refractivity contribution in [2.45, 2.75) is 77.7 Å². The van der Waals surface area contributed by atoms with Crippen LogP contribution < -0.4 is 0 Å². The molecule has 0 spiro atoms. The number of hydrogen-bond acceptors (Lipinski definition) is 5. The molecule has 0 unspecified atom stereocenters. The third kappa shape index (κ3) is 3.80. The Morgan fingerprint density at radius 2 is 1.87 bits per heavy atom. The van der Waals surface area contributed by atoms with E-state index in [-0.39, 0.29) is 22.9 Å². The van der Waals surface area contributed by atoms with Crippen molar-refractivity contribution in [1.82, 2.24) is 4.90 Å². The third-order valence-electron chi connectivity index (χ3n) is 9.80. The monoisotopic (exact) mass is 429 g/mol. The second-order valence-electron chi connectivity index (χ2n) is 11.2. The van der Waals surface area contributed by atoms with Gasteiger partial charge in [0.05, 0.1) is 19.6 Å². The van der Waals surface area contributed by atoms with E-state index in [2.05, 4.69) is 24.8 Å². The van der Waals surface area contributed by atoms with Crippen LogP contribution in [0, 0.1) is 28.6 Å². The van der Waals surface area contributed by atoms with E-state index in [0.29, 0.717) is 30.0 Å². The molecule has 0 aromatic rings. The number of carbonyl (C=O) groups excluding carboxylic acids is 2. The van der Waals surface area contributed by atoms with E-state index in [4.69, 9.17) is 9.47 Å². The fraction of sp³-hybridized carbons (Fsp3) is 0.846. The molecule has 4 aliphatic carbocycles. The van der Waals surface area contributed by atoms with Gasteiger partial charge in [-0.2, -0.15) is 0 Å². The summed E-state index contributed by atoms with van der Waals surface area (Å²) < 4.78 is 11.3. The quantitative estimate of drug-likeness (QED) is 0.496. The number of Topliss-reactive ketones (excluding diaryl/α,β-unsaturated/α-hetero) is 1. The highest BCUT2D eigenvalue weighted by Crippen LogP contribution is 2.64. The van der Waals surface area contributed by atoms with Gasteiger partial charge >= 0.3 is 5.97 Å². The molecule has 1 saturated heterocycles. The van der Waals surface area contributed by atoms with Gasteiger partial charge in [0.2, 0.25) is 0 Å². The summed E-state index contributed by atoms with van der Waals surface area (Å²) in [4.78, 5) is 27.4. The summed E-state index contributed by atoms with van der Waals surface area (Å²) in [5.41, 5.74) is 1.70. The highest BCUT2D eigenvalue weighted by molar-refractivity contribution is 5.87. The Hall–Kier alpha value is -1.20. The van der Waals surface area contributed by atoms with Gasteiger partial charge in [-0.1, -0.05) is 25.5 Å². The van der Waals surface area contributed by atoms with Crippen molar-refractivity contribution in [3.05, 3.63) is 11.6 Å². The normalized spacial score (nSPS) is 42.9. The van der Waals surface area contributed by atoms with Crippen LogP contribution in [-0.2, 0) is 19.1 Å². The number of fused-ring (bicyclic) bond motifs is 5. The molecule has 3 saturated carbocycles. The molecule has 0 aromatic carbocycles. The summed E-state index contributed by atoms with van der Waals surface area (Å²) in [5.74, 6) is 2.39. The maximum Gasteiger partial charge on any atom is 0.307 e. The van der Waals surface area contributed by atoms with E-state index in [0.717, 1.165) is 77.8 Å². The van der Waals surface area contributed by atoms with Crippen LogP contribution in [0.3, 0.4) is 0 Å². The van der Waals surface area contributed by atoms with E-state index in [9.17, 15) is 9.59 Å². The lowest BCUT2D eigenvalue weighted by molar-refractivity contribution is -0.152. The van der Waals surface area contributed by atoms with Gasteiger partial charge in [0.1, 0.15) is 11.9 Å². The fourth-order valence-corrected chi connectivity index (χ4v) is 7.82. The number of esters is 1. The first-order chi connectivity index (χ1) is 14.9.